The number of primary amides is 1. The minimum Gasteiger partial charge on any atom is -0.369 e. The Morgan fingerprint density at radius 2 is 1.72 bits per heavy atom. The maximum atomic E-state index is 12.3. The molecule has 0 saturated heterocycles. The third kappa shape index (κ3) is 5.52. The predicted molar refractivity (Wildman–Crippen MR) is 73.8 cm³/mol. The Morgan fingerprint density at radius 3 is 2.00 bits per heavy atom. The number of carbonyl (C=O) groups is 2. The molecule has 3 N–H and O–H groups in total. The van der Waals surface area contributed by atoms with Crippen molar-refractivity contribution in [3.8, 4) is 0 Å². The van der Waals surface area contributed by atoms with Gasteiger partial charge in [-0.1, -0.05) is 27.2 Å². The fraction of sp³-hybridized carbons (Fsp3) is 0.857. The molecule has 0 fully saturated rings. The Labute approximate surface area is 111 Å². The number of carbonyl (C=O) groups excluding carboxylic acids is 2. The third-order valence-electron chi connectivity index (χ3n) is 2.92. The van der Waals surface area contributed by atoms with Gasteiger partial charge in [-0.05, 0) is 33.1 Å². The van der Waals surface area contributed by atoms with Crippen molar-refractivity contribution in [3.63, 3.8) is 0 Å². The summed E-state index contributed by atoms with van der Waals surface area (Å²) in [6, 6.07) is 0. The molecule has 0 aromatic heterocycles. The van der Waals surface area contributed by atoms with Gasteiger partial charge in [0.1, 0.15) is 0 Å². The van der Waals surface area contributed by atoms with E-state index >= 15 is 0 Å². The zero-order valence-electron chi connectivity index (χ0n) is 12.5. The monoisotopic (exact) mass is 256 g/mol. The minimum atomic E-state index is -0.377. The quantitative estimate of drug-likeness (QED) is 0.763. The van der Waals surface area contributed by atoms with E-state index in [1.165, 1.54) is 0 Å². The van der Waals surface area contributed by atoms with E-state index in [1.54, 1.807) is 0 Å². The second-order valence-electron chi connectivity index (χ2n) is 6.31. The van der Waals surface area contributed by atoms with Crippen LogP contribution in [0.5, 0.6) is 0 Å². The van der Waals surface area contributed by atoms with Gasteiger partial charge in [-0.2, -0.15) is 0 Å². The fourth-order valence-electron chi connectivity index (χ4n) is 2.21. The molecule has 4 nitrogen and oxygen atoms in total. The molecule has 0 bridgehead atoms. The van der Waals surface area contributed by atoms with Crippen molar-refractivity contribution in [3.05, 3.63) is 0 Å². The van der Waals surface area contributed by atoms with E-state index in [4.69, 9.17) is 5.73 Å². The van der Waals surface area contributed by atoms with Crippen LogP contribution in [-0.2, 0) is 9.59 Å². The van der Waals surface area contributed by atoms with Crippen LogP contribution in [0.15, 0.2) is 0 Å². The number of amides is 2. The van der Waals surface area contributed by atoms with Gasteiger partial charge in [0, 0.05) is 11.5 Å². The standard InChI is InChI=1S/C14H28N2O2/c1-7-8-10(12(15)17)11(9(2)3)13(18)16-14(4,5)6/h9-11H,7-8H2,1-6H3,(H2,15,17)(H,16,18)/t10-,11?/m0/s1. The van der Waals surface area contributed by atoms with E-state index in [-0.39, 0.29) is 35.1 Å². The zero-order valence-corrected chi connectivity index (χ0v) is 12.5. The van der Waals surface area contributed by atoms with Gasteiger partial charge in [-0.25, -0.2) is 0 Å². The third-order valence-corrected chi connectivity index (χ3v) is 2.92. The van der Waals surface area contributed by atoms with Crippen LogP contribution >= 0.6 is 0 Å². The molecule has 2 atom stereocenters. The summed E-state index contributed by atoms with van der Waals surface area (Å²) < 4.78 is 0. The van der Waals surface area contributed by atoms with E-state index in [0.29, 0.717) is 6.42 Å². The molecule has 0 rings (SSSR count). The normalized spacial score (nSPS) is 15.3. The predicted octanol–water partition coefficient (Wildman–Crippen LogP) is 2.07. The lowest BCUT2D eigenvalue weighted by Crippen LogP contribution is -2.49. The SMILES string of the molecule is CCC[C@H](C(N)=O)C(C(=O)NC(C)(C)C)C(C)C. The summed E-state index contributed by atoms with van der Waals surface area (Å²) in [5.41, 5.74) is 5.15. The summed E-state index contributed by atoms with van der Waals surface area (Å²) in [5, 5.41) is 2.95. The molecule has 0 aromatic carbocycles. The second-order valence-corrected chi connectivity index (χ2v) is 6.31. The highest BCUT2D eigenvalue weighted by Crippen LogP contribution is 2.26. The Bertz CT molecular complexity index is 293. The molecule has 0 aromatic rings. The molecule has 4 heteroatoms. The molecule has 0 aliphatic rings. The first-order valence-corrected chi connectivity index (χ1v) is 6.71. The van der Waals surface area contributed by atoms with Crippen molar-refractivity contribution in [2.45, 2.75) is 59.9 Å². The van der Waals surface area contributed by atoms with Crippen molar-refractivity contribution < 1.29 is 9.59 Å². The van der Waals surface area contributed by atoms with Crippen LogP contribution in [0.4, 0.5) is 0 Å². The summed E-state index contributed by atoms with van der Waals surface area (Å²) in [6.07, 6.45) is 1.51. The number of hydrogen-bond acceptors (Lipinski definition) is 2. The van der Waals surface area contributed by atoms with E-state index in [0.717, 1.165) is 6.42 Å². The van der Waals surface area contributed by atoms with Gasteiger partial charge in [-0.15, -0.1) is 0 Å². The topological polar surface area (TPSA) is 72.2 Å². The van der Waals surface area contributed by atoms with Gasteiger partial charge in [0.25, 0.3) is 0 Å². The van der Waals surface area contributed by atoms with Crippen LogP contribution in [0.2, 0.25) is 0 Å². The minimum absolute atomic E-state index is 0.0743. The zero-order chi connectivity index (χ0) is 14.5. The van der Waals surface area contributed by atoms with Crippen molar-refractivity contribution in [2.24, 2.45) is 23.5 Å². The first-order chi connectivity index (χ1) is 8.10. The highest BCUT2D eigenvalue weighted by Gasteiger charge is 2.35. The van der Waals surface area contributed by atoms with Crippen LogP contribution in [-0.4, -0.2) is 17.4 Å². The molecule has 106 valence electrons. The van der Waals surface area contributed by atoms with E-state index < -0.39 is 0 Å². The van der Waals surface area contributed by atoms with Gasteiger partial charge in [0.05, 0.1) is 5.92 Å². The number of nitrogens with one attached hydrogen (secondary N) is 1. The number of nitrogens with two attached hydrogens (primary N) is 1. The van der Waals surface area contributed by atoms with Crippen molar-refractivity contribution in [1.82, 2.24) is 5.32 Å². The van der Waals surface area contributed by atoms with Crippen LogP contribution in [0.1, 0.15) is 54.4 Å². The van der Waals surface area contributed by atoms with Crippen molar-refractivity contribution >= 4 is 11.8 Å². The van der Waals surface area contributed by atoms with Crippen LogP contribution in [0.3, 0.4) is 0 Å². The Kier molecular flexibility index (Phi) is 6.36. The van der Waals surface area contributed by atoms with Gasteiger partial charge in [-0.3, -0.25) is 9.59 Å². The number of rotatable bonds is 6. The van der Waals surface area contributed by atoms with Crippen molar-refractivity contribution in [1.29, 1.82) is 0 Å². The molecule has 0 heterocycles. The first kappa shape index (κ1) is 16.9. The average Bonchev–Trinajstić information content (AvgIpc) is 2.13. The maximum Gasteiger partial charge on any atom is 0.224 e. The van der Waals surface area contributed by atoms with E-state index in [1.807, 2.05) is 41.5 Å². The largest absolute Gasteiger partial charge is 0.369 e. The summed E-state index contributed by atoms with van der Waals surface area (Å²) in [6.45, 7) is 11.7. The molecule has 0 saturated carbocycles. The molecule has 0 aliphatic heterocycles. The summed E-state index contributed by atoms with van der Waals surface area (Å²) in [7, 11) is 0. The van der Waals surface area contributed by atoms with Gasteiger partial charge in [0.2, 0.25) is 11.8 Å². The van der Waals surface area contributed by atoms with Crippen LogP contribution in [0, 0.1) is 17.8 Å². The van der Waals surface area contributed by atoms with Gasteiger partial charge < -0.3 is 11.1 Å². The Morgan fingerprint density at radius 1 is 1.22 bits per heavy atom. The molecule has 1 unspecified atom stereocenters. The molecular formula is C14H28N2O2. The summed E-state index contributed by atoms with van der Waals surface area (Å²) in [4.78, 5) is 23.8. The van der Waals surface area contributed by atoms with Crippen LogP contribution in [0.25, 0.3) is 0 Å². The number of hydrogen-bond donors (Lipinski definition) is 2. The van der Waals surface area contributed by atoms with E-state index in [9.17, 15) is 9.59 Å². The van der Waals surface area contributed by atoms with Gasteiger partial charge >= 0.3 is 0 Å². The Hall–Kier alpha value is -1.06. The van der Waals surface area contributed by atoms with Crippen LogP contribution < -0.4 is 11.1 Å². The van der Waals surface area contributed by atoms with E-state index in [2.05, 4.69) is 5.32 Å². The highest BCUT2D eigenvalue weighted by atomic mass is 16.2. The lowest BCUT2D eigenvalue weighted by molar-refractivity contribution is -0.136. The van der Waals surface area contributed by atoms with Gasteiger partial charge in [0.15, 0.2) is 0 Å². The fourth-order valence-corrected chi connectivity index (χ4v) is 2.21. The first-order valence-electron chi connectivity index (χ1n) is 6.71. The summed E-state index contributed by atoms with van der Waals surface area (Å²) >= 11 is 0. The summed E-state index contributed by atoms with van der Waals surface area (Å²) in [5.74, 6) is -1.08. The van der Waals surface area contributed by atoms with Crippen molar-refractivity contribution in [2.75, 3.05) is 0 Å². The molecule has 18 heavy (non-hydrogen) atoms. The average molecular weight is 256 g/mol. The Balaban J connectivity index is 5.04. The lowest BCUT2D eigenvalue weighted by atomic mass is 9.79. The molecule has 0 spiro atoms. The molecule has 0 aliphatic carbocycles. The molecule has 2 amide bonds. The molecule has 0 radical (unpaired) electrons. The smallest absolute Gasteiger partial charge is 0.224 e. The maximum absolute atomic E-state index is 12.3. The molecular weight excluding hydrogens is 228 g/mol. The lowest BCUT2D eigenvalue weighted by Gasteiger charge is -2.30. The highest BCUT2D eigenvalue weighted by molar-refractivity contribution is 5.87. The second kappa shape index (κ2) is 6.76.